The highest BCUT2D eigenvalue weighted by Crippen LogP contribution is 2.26. The molecular weight excluding hydrogens is 252 g/mol. The lowest BCUT2D eigenvalue weighted by molar-refractivity contribution is 0.181. The molecule has 0 bridgehead atoms. The normalized spacial score (nSPS) is 14.3. The van der Waals surface area contributed by atoms with Gasteiger partial charge in [-0.25, -0.2) is 0 Å². The summed E-state index contributed by atoms with van der Waals surface area (Å²) < 4.78 is 7.28. The number of hydrogen-bond donors (Lipinski definition) is 1. The van der Waals surface area contributed by atoms with Crippen molar-refractivity contribution >= 4 is 5.82 Å². The third-order valence-electron chi connectivity index (χ3n) is 3.86. The summed E-state index contributed by atoms with van der Waals surface area (Å²) >= 11 is 0. The molecule has 1 heterocycles. The van der Waals surface area contributed by atoms with Gasteiger partial charge < -0.3 is 15.4 Å². The quantitative estimate of drug-likeness (QED) is 0.791. The molecule has 0 saturated heterocycles. The van der Waals surface area contributed by atoms with E-state index in [1.807, 2.05) is 11.7 Å². The van der Waals surface area contributed by atoms with Crippen LogP contribution in [0.15, 0.2) is 0 Å². The topological polar surface area (TPSA) is 56.3 Å². The zero-order valence-corrected chi connectivity index (χ0v) is 13.8. The van der Waals surface area contributed by atoms with Crippen LogP contribution in [0.25, 0.3) is 0 Å². The molecule has 116 valence electrons. The van der Waals surface area contributed by atoms with Crippen LogP contribution in [0.5, 0.6) is 0 Å². The van der Waals surface area contributed by atoms with Gasteiger partial charge in [0.15, 0.2) is 0 Å². The molecule has 0 aromatic carbocycles. The van der Waals surface area contributed by atoms with Crippen molar-refractivity contribution in [1.29, 1.82) is 0 Å². The van der Waals surface area contributed by atoms with Gasteiger partial charge in [0.05, 0.1) is 18.3 Å². The maximum absolute atomic E-state index is 6.15. The predicted molar refractivity (Wildman–Crippen MR) is 84.3 cm³/mol. The molecule has 0 aliphatic heterocycles. The van der Waals surface area contributed by atoms with Gasteiger partial charge in [0.1, 0.15) is 5.82 Å². The lowest BCUT2D eigenvalue weighted by atomic mass is 10.0. The van der Waals surface area contributed by atoms with Gasteiger partial charge in [-0.2, -0.15) is 5.10 Å². The molecule has 0 spiro atoms. The minimum atomic E-state index is 0.188. The van der Waals surface area contributed by atoms with Crippen LogP contribution in [0, 0.1) is 6.92 Å². The summed E-state index contributed by atoms with van der Waals surface area (Å²) in [6.45, 7) is 10.2. The average molecular weight is 282 g/mol. The fraction of sp³-hybridized carbons (Fsp3) is 0.800. The maximum Gasteiger partial charge on any atom is 0.130 e. The van der Waals surface area contributed by atoms with Gasteiger partial charge in [-0.3, -0.25) is 4.68 Å². The largest absolute Gasteiger partial charge is 0.383 e. The highest BCUT2D eigenvalue weighted by molar-refractivity contribution is 5.51. The van der Waals surface area contributed by atoms with Gasteiger partial charge in [0, 0.05) is 32.3 Å². The van der Waals surface area contributed by atoms with Crippen LogP contribution in [-0.4, -0.2) is 42.1 Å². The van der Waals surface area contributed by atoms with Crippen molar-refractivity contribution in [2.75, 3.05) is 25.2 Å². The van der Waals surface area contributed by atoms with E-state index < -0.39 is 0 Å². The van der Waals surface area contributed by atoms with Crippen LogP contribution in [0.2, 0.25) is 0 Å². The van der Waals surface area contributed by atoms with Crippen molar-refractivity contribution in [1.82, 2.24) is 9.78 Å². The first-order valence-electron chi connectivity index (χ1n) is 7.49. The molecule has 0 aliphatic rings. The summed E-state index contributed by atoms with van der Waals surface area (Å²) in [7, 11) is 3.75. The molecule has 5 heteroatoms. The van der Waals surface area contributed by atoms with Crippen molar-refractivity contribution < 1.29 is 4.74 Å². The molecule has 1 aromatic rings. The second-order valence-corrected chi connectivity index (χ2v) is 5.47. The Kier molecular flexibility index (Phi) is 6.49. The summed E-state index contributed by atoms with van der Waals surface area (Å²) in [5.41, 5.74) is 8.50. The fourth-order valence-corrected chi connectivity index (χ4v) is 2.70. The zero-order chi connectivity index (χ0) is 15.3. The Labute approximate surface area is 123 Å². The molecule has 1 rings (SSSR count). The molecule has 2 N–H and O–H groups in total. The fourth-order valence-electron chi connectivity index (χ4n) is 2.70. The van der Waals surface area contributed by atoms with Crippen LogP contribution in [0.1, 0.15) is 38.4 Å². The standard InChI is InChI=1S/C15H30N4O/c1-7-13(16)9-14-12(4)17-18(5)15(14)19(8-2)11(3)10-20-6/h11,13H,7-10,16H2,1-6H3. The summed E-state index contributed by atoms with van der Waals surface area (Å²) in [6, 6.07) is 0.504. The van der Waals surface area contributed by atoms with E-state index in [-0.39, 0.29) is 6.04 Å². The van der Waals surface area contributed by atoms with E-state index in [1.54, 1.807) is 7.11 Å². The number of aromatic nitrogens is 2. The van der Waals surface area contributed by atoms with Crippen LogP contribution < -0.4 is 10.6 Å². The predicted octanol–water partition coefficient (Wildman–Crippen LogP) is 1.87. The molecule has 0 amide bonds. The first kappa shape index (κ1) is 17.0. The monoisotopic (exact) mass is 282 g/mol. The van der Waals surface area contributed by atoms with E-state index in [1.165, 1.54) is 11.4 Å². The molecule has 0 fully saturated rings. The molecular formula is C15H30N4O. The van der Waals surface area contributed by atoms with E-state index >= 15 is 0 Å². The van der Waals surface area contributed by atoms with E-state index in [9.17, 15) is 0 Å². The van der Waals surface area contributed by atoms with Crippen LogP contribution in [0.3, 0.4) is 0 Å². The molecule has 0 saturated carbocycles. The van der Waals surface area contributed by atoms with Gasteiger partial charge in [-0.1, -0.05) is 6.92 Å². The van der Waals surface area contributed by atoms with E-state index in [0.29, 0.717) is 12.6 Å². The highest BCUT2D eigenvalue weighted by atomic mass is 16.5. The number of aryl methyl sites for hydroxylation is 2. The van der Waals surface area contributed by atoms with Gasteiger partial charge in [-0.15, -0.1) is 0 Å². The summed E-state index contributed by atoms with van der Waals surface area (Å²) in [5, 5.41) is 4.59. The smallest absolute Gasteiger partial charge is 0.130 e. The minimum absolute atomic E-state index is 0.188. The zero-order valence-electron chi connectivity index (χ0n) is 13.8. The number of nitrogens with zero attached hydrogens (tertiary/aromatic N) is 3. The Morgan fingerprint density at radius 1 is 1.40 bits per heavy atom. The molecule has 5 nitrogen and oxygen atoms in total. The van der Waals surface area contributed by atoms with Crippen LogP contribution in [-0.2, 0) is 18.2 Å². The second kappa shape index (κ2) is 7.64. The van der Waals surface area contributed by atoms with Crippen molar-refractivity contribution in [3.05, 3.63) is 11.3 Å². The number of ether oxygens (including phenoxy) is 1. The number of anilines is 1. The molecule has 2 atom stereocenters. The minimum Gasteiger partial charge on any atom is -0.383 e. The first-order valence-corrected chi connectivity index (χ1v) is 7.49. The van der Waals surface area contributed by atoms with Crippen LogP contribution >= 0.6 is 0 Å². The number of nitrogens with two attached hydrogens (primary N) is 1. The number of rotatable bonds is 8. The Morgan fingerprint density at radius 3 is 2.55 bits per heavy atom. The Bertz CT molecular complexity index is 416. The molecule has 0 aliphatic carbocycles. The first-order chi connectivity index (χ1) is 9.46. The summed E-state index contributed by atoms with van der Waals surface area (Å²) in [4.78, 5) is 2.35. The van der Waals surface area contributed by atoms with Crippen LogP contribution in [0.4, 0.5) is 5.82 Å². The van der Waals surface area contributed by atoms with E-state index in [2.05, 4.69) is 37.7 Å². The van der Waals surface area contributed by atoms with Crippen molar-refractivity contribution in [3.8, 4) is 0 Å². The molecule has 2 unspecified atom stereocenters. The van der Waals surface area contributed by atoms with Gasteiger partial charge in [-0.05, 0) is 33.6 Å². The summed E-state index contributed by atoms with van der Waals surface area (Å²) in [5.74, 6) is 1.18. The SMILES string of the molecule is CCC(N)Cc1c(C)nn(C)c1N(CC)C(C)COC. The molecule has 20 heavy (non-hydrogen) atoms. The van der Waals surface area contributed by atoms with E-state index in [0.717, 1.165) is 25.1 Å². The van der Waals surface area contributed by atoms with Crippen molar-refractivity contribution in [2.45, 2.75) is 52.6 Å². The average Bonchev–Trinajstić information content (AvgIpc) is 2.67. The number of hydrogen-bond acceptors (Lipinski definition) is 4. The number of likely N-dealkylation sites (N-methyl/N-ethyl adjacent to an activating group) is 1. The second-order valence-electron chi connectivity index (χ2n) is 5.47. The Morgan fingerprint density at radius 2 is 2.05 bits per heavy atom. The lowest BCUT2D eigenvalue weighted by Gasteiger charge is -2.31. The molecule has 1 aromatic heterocycles. The summed E-state index contributed by atoms with van der Waals surface area (Å²) in [6.07, 6.45) is 1.86. The molecule has 0 radical (unpaired) electrons. The maximum atomic E-state index is 6.15. The lowest BCUT2D eigenvalue weighted by Crippen LogP contribution is -2.38. The van der Waals surface area contributed by atoms with E-state index in [4.69, 9.17) is 10.5 Å². The Hall–Kier alpha value is -1.07. The van der Waals surface area contributed by atoms with Gasteiger partial charge in [0.25, 0.3) is 0 Å². The highest BCUT2D eigenvalue weighted by Gasteiger charge is 2.23. The van der Waals surface area contributed by atoms with Gasteiger partial charge >= 0.3 is 0 Å². The number of methoxy groups -OCH3 is 1. The van der Waals surface area contributed by atoms with Crippen molar-refractivity contribution in [3.63, 3.8) is 0 Å². The third-order valence-corrected chi connectivity index (χ3v) is 3.86. The van der Waals surface area contributed by atoms with Crippen molar-refractivity contribution in [2.24, 2.45) is 12.8 Å². The Balaban J connectivity index is 3.13. The third kappa shape index (κ3) is 3.73. The van der Waals surface area contributed by atoms with Gasteiger partial charge in [0.2, 0.25) is 0 Å².